The molecule has 1 fully saturated rings. The van der Waals surface area contributed by atoms with Gasteiger partial charge in [0.15, 0.2) is 5.60 Å². The molecule has 0 radical (unpaired) electrons. The van der Waals surface area contributed by atoms with Gasteiger partial charge in [-0.15, -0.1) is 0 Å². The lowest BCUT2D eigenvalue weighted by Crippen LogP contribution is -2.56. The largest absolute Gasteiger partial charge is 0.477 e. The van der Waals surface area contributed by atoms with Crippen LogP contribution in [-0.4, -0.2) is 41.2 Å². The van der Waals surface area contributed by atoms with E-state index in [4.69, 9.17) is 9.47 Å². The zero-order chi connectivity index (χ0) is 22.6. The molecule has 1 aliphatic rings. The number of amides is 2. The van der Waals surface area contributed by atoms with Crippen LogP contribution >= 0.6 is 0 Å². The molecule has 2 aromatic carbocycles. The first-order valence-corrected chi connectivity index (χ1v) is 10.1. The summed E-state index contributed by atoms with van der Waals surface area (Å²) in [5.74, 6) is -1.57. The number of carbonyl (C=O) groups excluding carboxylic acids is 2. The molecule has 3 rings (SSSR count). The third-order valence-electron chi connectivity index (χ3n) is 4.87. The van der Waals surface area contributed by atoms with Gasteiger partial charge in [0, 0.05) is 32.0 Å². The Morgan fingerprint density at radius 1 is 1.03 bits per heavy atom. The molecular formula is C23H26F2N2O4. The number of para-hydroxylation sites is 1. The van der Waals surface area contributed by atoms with Crippen LogP contribution in [-0.2, 0) is 9.53 Å². The number of hydrogen-bond acceptors (Lipinski definition) is 4. The summed E-state index contributed by atoms with van der Waals surface area (Å²) in [4.78, 5) is 27.1. The lowest BCUT2D eigenvalue weighted by atomic mass is 9.89. The van der Waals surface area contributed by atoms with E-state index in [0.29, 0.717) is 5.75 Å². The Morgan fingerprint density at radius 2 is 1.68 bits per heavy atom. The molecule has 0 aliphatic carbocycles. The topological polar surface area (TPSA) is 67.9 Å². The van der Waals surface area contributed by atoms with Gasteiger partial charge >= 0.3 is 6.09 Å². The molecule has 2 aromatic rings. The fourth-order valence-corrected chi connectivity index (χ4v) is 3.30. The van der Waals surface area contributed by atoms with Gasteiger partial charge in [0.1, 0.15) is 23.0 Å². The lowest BCUT2D eigenvalue weighted by molar-refractivity contribution is -0.135. The van der Waals surface area contributed by atoms with Crippen LogP contribution < -0.4 is 10.1 Å². The van der Waals surface area contributed by atoms with Crippen molar-refractivity contribution in [1.29, 1.82) is 0 Å². The molecule has 8 heteroatoms. The molecule has 6 nitrogen and oxygen atoms in total. The maximum Gasteiger partial charge on any atom is 0.410 e. The van der Waals surface area contributed by atoms with Gasteiger partial charge in [-0.25, -0.2) is 13.6 Å². The van der Waals surface area contributed by atoms with Gasteiger partial charge in [0.05, 0.1) is 5.69 Å². The molecule has 2 amide bonds. The predicted octanol–water partition coefficient (Wildman–Crippen LogP) is 4.75. The van der Waals surface area contributed by atoms with Crippen LogP contribution in [0.3, 0.4) is 0 Å². The quantitative estimate of drug-likeness (QED) is 0.757. The average molecular weight is 432 g/mol. The summed E-state index contributed by atoms with van der Waals surface area (Å²) in [5.41, 5.74) is -2.27. The Kier molecular flexibility index (Phi) is 6.48. The molecule has 0 aromatic heterocycles. The Bertz CT molecular complexity index is 936. The number of likely N-dealkylation sites (tertiary alicyclic amines) is 1. The van der Waals surface area contributed by atoms with Gasteiger partial charge in [-0.05, 0) is 45.0 Å². The van der Waals surface area contributed by atoms with Crippen LogP contribution in [0.1, 0.15) is 33.6 Å². The highest BCUT2D eigenvalue weighted by Crippen LogP contribution is 2.31. The third kappa shape index (κ3) is 5.71. The molecule has 1 saturated heterocycles. The first-order chi connectivity index (χ1) is 14.6. The number of rotatable bonds is 4. The zero-order valence-electron chi connectivity index (χ0n) is 17.8. The highest BCUT2D eigenvalue weighted by molar-refractivity contribution is 5.98. The maximum absolute atomic E-state index is 14.1. The summed E-state index contributed by atoms with van der Waals surface area (Å²) in [6.45, 7) is 5.75. The van der Waals surface area contributed by atoms with Crippen molar-refractivity contribution in [2.24, 2.45) is 0 Å². The van der Waals surface area contributed by atoms with E-state index in [1.165, 1.54) is 4.90 Å². The van der Waals surface area contributed by atoms with Gasteiger partial charge in [0.2, 0.25) is 0 Å². The van der Waals surface area contributed by atoms with Gasteiger partial charge < -0.3 is 19.7 Å². The number of piperidine rings is 1. The standard InChI is InChI=1S/C23H26F2N2O4/c1-22(2,3)31-21(29)27-13-11-23(12-14-27,30-17-7-5-4-6-8-17)20(28)26-19-15-16(24)9-10-18(19)25/h4-10,15H,11-14H2,1-3H3,(H,26,28). The predicted molar refractivity (Wildman–Crippen MR) is 112 cm³/mol. The molecule has 166 valence electrons. The molecule has 0 atom stereocenters. The number of anilines is 1. The smallest absolute Gasteiger partial charge is 0.410 e. The normalized spacial score (nSPS) is 15.8. The summed E-state index contributed by atoms with van der Waals surface area (Å²) in [7, 11) is 0. The number of benzene rings is 2. The van der Waals surface area contributed by atoms with Crippen molar-refractivity contribution in [2.75, 3.05) is 18.4 Å². The van der Waals surface area contributed by atoms with Gasteiger partial charge in [0.25, 0.3) is 5.91 Å². The van der Waals surface area contributed by atoms with E-state index in [1.54, 1.807) is 45.0 Å². The minimum absolute atomic E-state index is 0.157. The SMILES string of the molecule is CC(C)(C)OC(=O)N1CCC(Oc2ccccc2)(C(=O)Nc2cc(F)ccc2F)CC1. The van der Waals surface area contributed by atoms with Crippen molar-refractivity contribution in [3.8, 4) is 5.75 Å². The Hall–Kier alpha value is -3.16. The van der Waals surface area contributed by atoms with E-state index in [1.807, 2.05) is 6.07 Å². The Balaban J connectivity index is 1.81. The second-order valence-corrected chi connectivity index (χ2v) is 8.46. The number of carbonyl (C=O) groups is 2. The van der Waals surface area contributed by atoms with Gasteiger partial charge in [-0.2, -0.15) is 0 Å². The van der Waals surface area contributed by atoms with Crippen molar-refractivity contribution in [3.05, 3.63) is 60.2 Å². The number of halogens is 2. The van der Waals surface area contributed by atoms with E-state index >= 15 is 0 Å². The minimum atomic E-state index is -1.36. The van der Waals surface area contributed by atoms with Crippen molar-refractivity contribution < 1.29 is 27.8 Å². The molecular weight excluding hydrogens is 406 g/mol. The number of nitrogens with one attached hydrogen (secondary N) is 1. The molecule has 1 aliphatic heterocycles. The van der Waals surface area contributed by atoms with E-state index < -0.39 is 34.8 Å². The fourth-order valence-electron chi connectivity index (χ4n) is 3.30. The third-order valence-corrected chi connectivity index (χ3v) is 4.87. The van der Waals surface area contributed by atoms with Crippen molar-refractivity contribution in [2.45, 2.75) is 44.8 Å². The lowest BCUT2D eigenvalue weighted by Gasteiger charge is -2.40. The van der Waals surface area contributed by atoms with Crippen molar-refractivity contribution in [3.63, 3.8) is 0 Å². The number of hydrogen-bond donors (Lipinski definition) is 1. The summed E-state index contributed by atoms with van der Waals surface area (Å²) < 4.78 is 39.1. The van der Waals surface area contributed by atoms with Crippen LogP contribution in [0, 0.1) is 11.6 Å². The average Bonchev–Trinajstić information content (AvgIpc) is 2.70. The maximum atomic E-state index is 14.1. The van der Waals surface area contributed by atoms with Crippen LogP contribution in [0.25, 0.3) is 0 Å². The first kappa shape index (κ1) is 22.5. The number of ether oxygens (including phenoxy) is 2. The summed E-state index contributed by atoms with van der Waals surface area (Å²) in [6, 6.07) is 11.6. The molecule has 31 heavy (non-hydrogen) atoms. The second kappa shape index (κ2) is 8.91. The van der Waals surface area contributed by atoms with Crippen molar-refractivity contribution >= 4 is 17.7 Å². The zero-order valence-corrected chi connectivity index (χ0v) is 17.8. The highest BCUT2D eigenvalue weighted by Gasteiger charge is 2.45. The monoisotopic (exact) mass is 432 g/mol. The van der Waals surface area contributed by atoms with Crippen LogP contribution in [0.2, 0.25) is 0 Å². The van der Waals surface area contributed by atoms with Gasteiger partial charge in [-0.1, -0.05) is 18.2 Å². The van der Waals surface area contributed by atoms with Crippen molar-refractivity contribution in [1.82, 2.24) is 4.90 Å². The molecule has 0 unspecified atom stereocenters. The molecule has 0 bridgehead atoms. The molecule has 0 spiro atoms. The van der Waals surface area contributed by atoms with E-state index in [9.17, 15) is 18.4 Å². The van der Waals surface area contributed by atoms with Gasteiger partial charge in [-0.3, -0.25) is 4.79 Å². The molecule has 1 N–H and O–H groups in total. The fraction of sp³-hybridized carbons (Fsp3) is 0.391. The number of nitrogens with zero attached hydrogens (tertiary/aromatic N) is 1. The van der Waals surface area contributed by atoms with E-state index in [2.05, 4.69) is 5.32 Å². The Labute approximate surface area is 180 Å². The van der Waals surface area contributed by atoms with E-state index in [-0.39, 0.29) is 31.6 Å². The summed E-state index contributed by atoms with van der Waals surface area (Å²) in [6.07, 6.45) is -0.161. The van der Waals surface area contributed by atoms with Crippen LogP contribution in [0.5, 0.6) is 5.75 Å². The molecule has 1 heterocycles. The first-order valence-electron chi connectivity index (χ1n) is 10.1. The summed E-state index contributed by atoms with van der Waals surface area (Å²) >= 11 is 0. The van der Waals surface area contributed by atoms with Crippen LogP contribution in [0.15, 0.2) is 48.5 Å². The highest BCUT2D eigenvalue weighted by atomic mass is 19.1. The second-order valence-electron chi connectivity index (χ2n) is 8.46. The van der Waals surface area contributed by atoms with E-state index in [0.717, 1.165) is 18.2 Å². The minimum Gasteiger partial charge on any atom is -0.477 e. The summed E-state index contributed by atoms with van der Waals surface area (Å²) in [5, 5.41) is 2.45. The molecule has 0 saturated carbocycles. The van der Waals surface area contributed by atoms with Crippen LogP contribution in [0.4, 0.5) is 19.3 Å². The Morgan fingerprint density at radius 3 is 2.29 bits per heavy atom.